The molecule has 0 bridgehead atoms. The van der Waals surface area contributed by atoms with Crippen LogP contribution >= 0.6 is 22.6 Å². The van der Waals surface area contributed by atoms with Crippen LogP contribution in [0, 0.1) is 0 Å². The van der Waals surface area contributed by atoms with E-state index in [1.807, 2.05) is 91.0 Å². The smallest absolute Gasteiger partial charge is 0.219 e. The fourth-order valence-corrected chi connectivity index (χ4v) is 4.60. The minimum absolute atomic E-state index is 0.0142. The Labute approximate surface area is 208 Å². The Morgan fingerprint density at radius 1 is 0.727 bits per heavy atom. The summed E-state index contributed by atoms with van der Waals surface area (Å²) in [6.07, 6.45) is -1.45. The maximum Gasteiger partial charge on any atom is 0.219 e. The summed E-state index contributed by atoms with van der Waals surface area (Å²) in [5.74, 6) is -1.61. The van der Waals surface area contributed by atoms with E-state index in [0.29, 0.717) is 24.2 Å². The van der Waals surface area contributed by atoms with Crippen LogP contribution in [0.2, 0.25) is 0 Å². The van der Waals surface area contributed by atoms with Gasteiger partial charge in [-0.15, -0.1) is 0 Å². The first-order valence-corrected chi connectivity index (χ1v) is 12.6. The Morgan fingerprint density at radius 3 is 1.73 bits per heavy atom. The Morgan fingerprint density at radius 2 is 1.21 bits per heavy atom. The molecule has 174 valence electrons. The molecule has 6 heteroatoms. The van der Waals surface area contributed by atoms with Gasteiger partial charge in [0.25, 0.3) is 0 Å². The van der Waals surface area contributed by atoms with Gasteiger partial charge in [0.05, 0.1) is 25.9 Å². The highest BCUT2D eigenvalue weighted by molar-refractivity contribution is 14.1. The molecule has 0 saturated carbocycles. The van der Waals surface area contributed by atoms with E-state index in [2.05, 4.69) is 22.6 Å². The van der Waals surface area contributed by atoms with E-state index in [9.17, 15) is 5.11 Å². The van der Waals surface area contributed by atoms with Gasteiger partial charge in [-0.3, -0.25) is 0 Å². The van der Waals surface area contributed by atoms with Crippen molar-refractivity contribution in [1.29, 1.82) is 0 Å². The van der Waals surface area contributed by atoms with Gasteiger partial charge in [0.15, 0.2) is 0 Å². The number of aliphatic hydroxyl groups is 1. The molecule has 0 spiro atoms. The molecule has 0 aliphatic carbocycles. The molecule has 0 amide bonds. The Hall–Kier alpha value is -1.81. The molecular formula is C27H29IO5. The maximum atomic E-state index is 11.5. The van der Waals surface area contributed by atoms with Gasteiger partial charge in [0.1, 0.15) is 18.8 Å². The topological polar surface area (TPSA) is 57.2 Å². The van der Waals surface area contributed by atoms with Gasteiger partial charge in [-0.1, -0.05) is 114 Å². The second-order valence-corrected chi connectivity index (χ2v) is 8.99. The summed E-state index contributed by atoms with van der Waals surface area (Å²) in [5.41, 5.74) is 3.11. The van der Waals surface area contributed by atoms with Crippen molar-refractivity contribution in [1.82, 2.24) is 0 Å². The zero-order valence-electron chi connectivity index (χ0n) is 18.4. The second kappa shape index (κ2) is 12.1. The molecule has 4 atom stereocenters. The van der Waals surface area contributed by atoms with E-state index in [-0.39, 0.29) is 12.7 Å². The first kappa shape index (κ1) is 24.3. The van der Waals surface area contributed by atoms with E-state index < -0.39 is 18.0 Å². The third-order valence-corrected chi connectivity index (χ3v) is 6.46. The molecule has 1 N–H and O–H groups in total. The van der Waals surface area contributed by atoms with Crippen molar-refractivity contribution in [2.75, 3.05) is 11.0 Å². The summed E-state index contributed by atoms with van der Waals surface area (Å²) < 4.78 is 25.2. The molecule has 3 aromatic carbocycles. The van der Waals surface area contributed by atoms with Crippen molar-refractivity contribution >= 4 is 22.6 Å². The van der Waals surface area contributed by atoms with Crippen LogP contribution in [0.5, 0.6) is 0 Å². The number of halogens is 1. The average molecular weight is 560 g/mol. The Bertz CT molecular complexity index is 956. The van der Waals surface area contributed by atoms with Crippen LogP contribution in [-0.4, -0.2) is 40.2 Å². The predicted octanol–water partition coefficient (Wildman–Crippen LogP) is 4.90. The van der Waals surface area contributed by atoms with E-state index in [0.717, 1.165) is 16.7 Å². The number of hydrogen-bond acceptors (Lipinski definition) is 5. The van der Waals surface area contributed by atoms with Crippen LogP contribution in [-0.2, 0) is 38.8 Å². The third-order valence-electron chi connectivity index (χ3n) is 5.60. The number of ether oxygens (including phenoxy) is 4. The summed E-state index contributed by atoms with van der Waals surface area (Å²) in [6.45, 7) is 1.12. The van der Waals surface area contributed by atoms with Crippen LogP contribution in [0.4, 0.5) is 0 Å². The van der Waals surface area contributed by atoms with Crippen molar-refractivity contribution in [2.45, 2.75) is 43.9 Å². The van der Waals surface area contributed by atoms with Crippen molar-refractivity contribution in [2.24, 2.45) is 0 Å². The highest BCUT2D eigenvalue weighted by Crippen LogP contribution is 2.36. The standard InChI is InChI=1S/C27H29IO5/c28-16-24-25(31-18-22-12-6-2-7-13-22)26(32-19-23-14-8-3-9-15-23)27(29,33-24)20-30-17-21-10-4-1-5-11-21/h1-15,24-26,29H,16-20H2/t24-,25-,26+,27-/m1/s1. The number of benzene rings is 3. The second-order valence-electron chi connectivity index (χ2n) is 8.11. The number of hydrogen-bond donors (Lipinski definition) is 1. The normalized spacial score (nSPS) is 24.7. The zero-order chi connectivity index (χ0) is 22.9. The van der Waals surface area contributed by atoms with Gasteiger partial charge < -0.3 is 24.1 Å². The van der Waals surface area contributed by atoms with E-state index in [4.69, 9.17) is 18.9 Å². The Kier molecular flexibility index (Phi) is 8.89. The van der Waals surface area contributed by atoms with Gasteiger partial charge >= 0.3 is 0 Å². The van der Waals surface area contributed by atoms with E-state index >= 15 is 0 Å². The SMILES string of the molecule is O[C@]1(COCc2ccccc2)O[C@H](CI)[C@@H](OCc2ccccc2)[C@@H]1OCc1ccccc1. The lowest BCUT2D eigenvalue weighted by molar-refractivity contribution is -0.263. The lowest BCUT2D eigenvalue weighted by Crippen LogP contribution is -2.49. The van der Waals surface area contributed by atoms with Crippen molar-refractivity contribution in [3.05, 3.63) is 108 Å². The highest BCUT2D eigenvalue weighted by Gasteiger charge is 2.56. The minimum atomic E-state index is -1.61. The molecule has 1 heterocycles. The minimum Gasteiger partial charge on any atom is -0.371 e. The summed E-state index contributed by atoms with van der Waals surface area (Å²) >= 11 is 2.26. The van der Waals surface area contributed by atoms with Crippen LogP contribution in [0.3, 0.4) is 0 Å². The fraction of sp³-hybridized carbons (Fsp3) is 0.333. The lowest BCUT2D eigenvalue weighted by atomic mass is 10.1. The zero-order valence-corrected chi connectivity index (χ0v) is 20.5. The van der Waals surface area contributed by atoms with Crippen molar-refractivity contribution < 1.29 is 24.1 Å². The van der Waals surface area contributed by atoms with Crippen LogP contribution in [0.15, 0.2) is 91.0 Å². The predicted molar refractivity (Wildman–Crippen MR) is 135 cm³/mol. The molecule has 0 unspecified atom stereocenters. The number of rotatable bonds is 11. The third kappa shape index (κ3) is 6.62. The van der Waals surface area contributed by atoms with Gasteiger partial charge in [0, 0.05) is 4.43 Å². The number of alkyl halides is 1. The molecule has 1 fully saturated rings. The van der Waals surface area contributed by atoms with Crippen LogP contribution < -0.4 is 0 Å². The van der Waals surface area contributed by atoms with Crippen LogP contribution in [0.1, 0.15) is 16.7 Å². The maximum absolute atomic E-state index is 11.5. The van der Waals surface area contributed by atoms with Gasteiger partial charge in [-0.25, -0.2) is 0 Å². The molecule has 5 nitrogen and oxygen atoms in total. The van der Waals surface area contributed by atoms with Gasteiger partial charge in [-0.2, -0.15) is 0 Å². The molecule has 4 rings (SSSR count). The summed E-state index contributed by atoms with van der Waals surface area (Å²) in [7, 11) is 0. The van der Waals surface area contributed by atoms with Gasteiger partial charge in [0.2, 0.25) is 5.79 Å². The fourth-order valence-electron chi connectivity index (χ4n) is 3.92. The molecule has 3 aromatic rings. The highest BCUT2D eigenvalue weighted by atomic mass is 127. The molecule has 0 radical (unpaired) electrons. The summed E-state index contributed by atoms with van der Waals surface area (Å²) in [6, 6.07) is 29.7. The molecule has 33 heavy (non-hydrogen) atoms. The van der Waals surface area contributed by atoms with Gasteiger partial charge in [-0.05, 0) is 16.7 Å². The summed E-state index contributed by atoms with van der Waals surface area (Å²) in [5, 5.41) is 11.5. The molecule has 1 aliphatic heterocycles. The molecule has 0 aromatic heterocycles. The van der Waals surface area contributed by atoms with E-state index in [1.165, 1.54) is 0 Å². The molecular weight excluding hydrogens is 531 g/mol. The van der Waals surface area contributed by atoms with Crippen LogP contribution in [0.25, 0.3) is 0 Å². The van der Waals surface area contributed by atoms with Crippen molar-refractivity contribution in [3.8, 4) is 0 Å². The van der Waals surface area contributed by atoms with E-state index in [1.54, 1.807) is 0 Å². The first-order valence-electron chi connectivity index (χ1n) is 11.1. The molecule has 1 saturated heterocycles. The average Bonchev–Trinajstić information content (AvgIpc) is 3.14. The molecule has 1 aliphatic rings. The summed E-state index contributed by atoms with van der Waals surface area (Å²) in [4.78, 5) is 0. The Balaban J connectivity index is 1.48. The lowest BCUT2D eigenvalue weighted by Gasteiger charge is -2.30. The monoisotopic (exact) mass is 560 g/mol. The quantitative estimate of drug-likeness (QED) is 0.267. The van der Waals surface area contributed by atoms with Crippen molar-refractivity contribution in [3.63, 3.8) is 0 Å². The largest absolute Gasteiger partial charge is 0.371 e. The first-order chi connectivity index (χ1) is 16.2.